The lowest BCUT2D eigenvalue weighted by Crippen LogP contribution is -2.59. The number of sulfonamides is 1. The quantitative estimate of drug-likeness (QED) is 0.206. The van der Waals surface area contributed by atoms with Crippen molar-refractivity contribution in [3.63, 3.8) is 0 Å². The van der Waals surface area contributed by atoms with Gasteiger partial charge in [-0.05, 0) is 18.6 Å². The van der Waals surface area contributed by atoms with Crippen molar-refractivity contribution in [3.8, 4) is 0 Å². The number of nitrogens with one attached hydrogen (secondary N) is 1. The molecule has 0 saturated heterocycles. The van der Waals surface area contributed by atoms with Gasteiger partial charge in [-0.2, -0.15) is 0 Å². The molecule has 0 aromatic rings. The highest BCUT2D eigenvalue weighted by Gasteiger charge is 2.43. The summed E-state index contributed by atoms with van der Waals surface area (Å²) in [5.41, 5.74) is 11.3. The molecule has 0 radical (unpaired) electrons. The van der Waals surface area contributed by atoms with E-state index in [1.54, 1.807) is 6.92 Å². The van der Waals surface area contributed by atoms with E-state index in [2.05, 4.69) is 16.3 Å². The van der Waals surface area contributed by atoms with E-state index in [0.717, 1.165) is 6.26 Å². The number of aliphatic hydroxyl groups excluding tert-OH is 3. The van der Waals surface area contributed by atoms with Crippen LogP contribution < -0.4 is 16.2 Å². The number of aliphatic imine (C=N–C) groups is 1. The molecule has 0 aromatic carbocycles. The van der Waals surface area contributed by atoms with Crippen LogP contribution in [0.1, 0.15) is 6.92 Å². The van der Waals surface area contributed by atoms with Crippen molar-refractivity contribution in [2.24, 2.45) is 16.5 Å². The van der Waals surface area contributed by atoms with Crippen molar-refractivity contribution in [1.29, 1.82) is 0 Å². The fourth-order valence-electron chi connectivity index (χ4n) is 2.24. The molecule has 0 spiro atoms. The molecular formula is C13H24N4O6S. The molecule has 1 rings (SSSR count). The first-order valence-corrected chi connectivity index (χ1v) is 8.92. The molecule has 1 aliphatic rings. The predicted molar refractivity (Wildman–Crippen MR) is 88.2 cm³/mol. The van der Waals surface area contributed by atoms with Crippen LogP contribution in [0.25, 0.3) is 0 Å². The Morgan fingerprint density at radius 2 is 2.08 bits per heavy atom. The van der Waals surface area contributed by atoms with E-state index in [9.17, 15) is 18.6 Å². The highest BCUT2D eigenvalue weighted by molar-refractivity contribution is 7.88. The fourth-order valence-corrected chi connectivity index (χ4v) is 3.01. The van der Waals surface area contributed by atoms with Gasteiger partial charge in [0.1, 0.15) is 24.1 Å². The summed E-state index contributed by atoms with van der Waals surface area (Å²) in [7, 11) is -3.72. The maximum absolute atomic E-state index is 11.6. The molecule has 24 heavy (non-hydrogen) atoms. The van der Waals surface area contributed by atoms with Crippen molar-refractivity contribution in [2.45, 2.75) is 37.3 Å². The zero-order chi connectivity index (χ0) is 18.7. The Kier molecular flexibility index (Phi) is 6.75. The van der Waals surface area contributed by atoms with Crippen LogP contribution in [-0.2, 0) is 14.8 Å². The lowest BCUT2D eigenvalue weighted by molar-refractivity contribution is -0.0988. The molecule has 0 aliphatic carbocycles. The van der Waals surface area contributed by atoms with E-state index < -0.39 is 47.0 Å². The molecule has 8 N–H and O–H groups in total. The minimum atomic E-state index is -3.72. The highest BCUT2D eigenvalue weighted by Crippen LogP contribution is 2.27. The van der Waals surface area contributed by atoms with Gasteiger partial charge in [0.15, 0.2) is 5.96 Å². The van der Waals surface area contributed by atoms with Crippen LogP contribution >= 0.6 is 0 Å². The van der Waals surface area contributed by atoms with Crippen LogP contribution in [-0.4, -0.2) is 73.0 Å². The average Bonchev–Trinajstić information content (AvgIpc) is 2.45. The van der Waals surface area contributed by atoms with Gasteiger partial charge < -0.3 is 31.5 Å². The van der Waals surface area contributed by atoms with Gasteiger partial charge in [-0.1, -0.05) is 6.58 Å². The monoisotopic (exact) mass is 364 g/mol. The van der Waals surface area contributed by atoms with Crippen molar-refractivity contribution in [1.82, 2.24) is 4.72 Å². The lowest BCUT2D eigenvalue weighted by Gasteiger charge is -2.39. The number of rotatable bonds is 7. The van der Waals surface area contributed by atoms with E-state index in [0.29, 0.717) is 5.57 Å². The Bertz CT molecular complexity index is 628. The van der Waals surface area contributed by atoms with Gasteiger partial charge in [0.2, 0.25) is 10.0 Å². The van der Waals surface area contributed by atoms with Gasteiger partial charge >= 0.3 is 0 Å². The van der Waals surface area contributed by atoms with Crippen LogP contribution in [0.15, 0.2) is 29.0 Å². The smallest absolute Gasteiger partial charge is 0.209 e. The largest absolute Gasteiger partial charge is 0.486 e. The highest BCUT2D eigenvalue weighted by atomic mass is 32.2. The molecule has 0 aromatic heterocycles. The van der Waals surface area contributed by atoms with E-state index in [4.69, 9.17) is 21.3 Å². The molecule has 0 bridgehead atoms. The van der Waals surface area contributed by atoms with Crippen molar-refractivity contribution >= 4 is 16.0 Å². The van der Waals surface area contributed by atoms with E-state index in [-0.39, 0.29) is 11.7 Å². The number of aliphatic hydroxyl groups is 3. The molecule has 1 heterocycles. The molecule has 0 amide bonds. The summed E-state index contributed by atoms with van der Waals surface area (Å²) in [6.07, 6.45) is -2.04. The summed E-state index contributed by atoms with van der Waals surface area (Å²) in [4.78, 5) is 3.94. The van der Waals surface area contributed by atoms with E-state index >= 15 is 0 Å². The average molecular weight is 364 g/mol. The third kappa shape index (κ3) is 5.46. The number of hydrogen-bond donors (Lipinski definition) is 6. The lowest BCUT2D eigenvalue weighted by atomic mass is 9.92. The second-order valence-electron chi connectivity index (χ2n) is 5.59. The van der Waals surface area contributed by atoms with Crippen molar-refractivity contribution in [3.05, 3.63) is 24.0 Å². The minimum Gasteiger partial charge on any atom is -0.486 e. The minimum absolute atomic E-state index is 0.241. The van der Waals surface area contributed by atoms with Crippen molar-refractivity contribution in [2.75, 3.05) is 12.9 Å². The maximum Gasteiger partial charge on any atom is 0.209 e. The fraction of sp³-hybridized carbons (Fsp3) is 0.615. The maximum atomic E-state index is 11.6. The number of nitrogens with two attached hydrogens (primary N) is 2. The number of guanidine groups is 1. The molecule has 0 saturated carbocycles. The zero-order valence-corrected chi connectivity index (χ0v) is 14.3. The van der Waals surface area contributed by atoms with Crippen LogP contribution in [0.2, 0.25) is 0 Å². The van der Waals surface area contributed by atoms with E-state index in [1.807, 2.05) is 0 Å². The molecule has 138 valence electrons. The van der Waals surface area contributed by atoms with Crippen LogP contribution in [0.4, 0.5) is 0 Å². The van der Waals surface area contributed by atoms with Gasteiger partial charge in [-0.15, -0.1) is 0 Å². The van der Waals surface area contributed by atoms with Gasteiger partial charge in [-0.25, -0.2) is 18.1 Å². The van der Waals surface area contributed by atoms with Gasteiger partial charge in [0.25, 0.3) is 0 Å². The Morgan fingerprint density at radius 1 is 1.50 bits per heavy atom. The number of nitrogens with zero attached hydrogens (tertiary/aromatic N) is 1. The Morgan fingerprint density at radius 3 is 2.50 bits per heavy atom. The van der Waals surface area contributed by atoms with E-state index in [1.165, 1.54) is 6.08 Å². The Balaban J connectivity index is 3.37. The normalized spacial score (nSPS) is 26.7. The second kappa shape index (κ2) is 7.94. The molecule has 10 nitrogen and oxygen atoms in total. The molecule has 0 fully saturated rings. The van der Waals surface area contributed by atoms with Gasteiger partial charge in [0, 0.05) is 0 Å². The molecule has 1 aliphatic heterocycles. The SMILES string of the molecule is C=C(C)C1=C[C@H](N=C(N)N)[C@@H](NS(C)(=O)=O)[C@H]([C@H](O)[C@H](O)CO)O1. The summed E-state index contributed by atoms with van der Waals surface area (Å²) in [6.45, 7) is 4.60. The number of ether oxygens (including phenoxy) is 1. The van der Waals surface area contributed by atoms with Crippen LogP contribution in [0, 0.1) is 0 Å². The molecule has 0 unspecified atom stereocenters. The summed E-state index contributed by atoms with van der Waals surface area (Å²) in [5.74, 6) is -0.0544. The molecular weight excluding hydrogens is 340 g/mol. The van der Waals surface area contributed by atoms with Crippen LogP contribution in [0.5, 0.6) is 0 Å². The standard InChI is InChI=1S/C13H24N4O6S/c1-6(2)9-4-7(16-13(14)15)10(17-24(3,21)22)12(23-9)11(20)8(19)5-18/h4,7-8,10-12,17-20H,1,5H2,2-3H3,(H4,14,15,16)/t7-,8+,10+,11+,12+/m0/s1. The summed E-state index contributed by atoms with van der Waals surface area (Å²) in [5, 5.41) is 29.0. The first-order valence-electron chi connectivity index (χ1n) is 7.03. The number of hydrogen-bond acceptors (Lipinski definition) is 7. The third-order valence-corrected chi connectivity index (χ3v) is 3.99. The summed E-state index contributed by atoms with van der Waals surface area (Å²) in [6, 6.07) is -2.02. The van der Waals surface area contributed by atoms with Crippen molar-refractivity contribution < 1.29 is 28.5 Å². The molecule has 5 atom stereocenters. The Hall–Kier alpha value is -1.66. The second-order valence-corrected chi connectivity index (χ2v) is 7.37. The van der Waals surface area contributed by atoms with Crippen LogP contribution in [0.3, 0.4) is 0 Å². The Labute approximate surface area is 140 Å². The zero-order valence-electron chi connectivity index (χ0n) is 13.5. The first-order chi connectivity index (χ1) is 11.0. The first kappa shape index (κ1) is 20.4. The molecule has 11 heteroatoms. The topological polar surface area (TPSA) is 180 Å². The predicted octanol–water partition coefficient (Wildman–Crippen LogP) is -2.88. The van der Waals surface area contributed by atoms with Gasteiger partial charge in [0.05, 0.1) is 24.9 Å². The third-order valence-electron chi connectivity index (χ3n) is 3.29. The summed E-state index contributed by atoms with van der Waals surface area (Å²) < 4.78 is 31.1. The van der Waals surface area contributed by atoms with Gasteiger partial charge in [-0.3, -0.25) is 0 Å². The summed E-state index contributed by atoms with van der Waals surface area (Å²) >= 11 is 0. The number of allylic oxidation sites excluding steroid dienone is 1.